The summed E-state index contributed by atoms with van der Waals surface area (Å²) < 4.78 is 37.9. The van der Waals surface area contributed by atoms with Crippen LogP contribution in [0.25, 0.3) is 0 Å². The third-order valence-electron chi connectivity index (χ3n) is 2.64. The van der Waals surface area contributed by atoms with Gasteiger partial charge in [-0.05, 0) is 24.3 Å². The van der Waals surface area contributed by atoms with E-state index in [1.54, 1.807) is 0 Å². The van der Waals surface area contributed by atoms with E-state index in [1.165, 1.54) is 18.5 Å². The zero-order valence-corrected chi connectivity index (χ0v) is 11.2. The fourth-order valence-corrected chi connectivity index (χ4v) is 1.77. The van der Waals surface area contributed by atoms with Gasteiger partial charge in [0.05, 0.1) is 33.7 Å². The summed E-state index contributed by atoms with van der Waals surface area (Å²) >= 11 is 5.79. The monoisotopic (exact) mass is 315 g/mol. The van der Waals surface area contributed by atoms with Crippen LogP contribution in [-0.2, 0) is 6.18 Å². The minimum Gasteiger partial charge on any atom is -0.397 e. The number of nitrogens with one attached hydrogen (secondary N) is 1. The maximum atomic E-state index is 12.6. The number of anilines is 2. The summed E-state index contributed by atoms with van der Waals surface area (Å²) in [5, 5.41) is 2.29. The molecule has 1 aromatic heterocycles. The third kappa shape index (κ3) is 3.43. The molecule has 21 heavy (non-hydrogen) atoms. The van der Waals surface area contributed by atoms with E-state index >= 15 is 0 Å². The summed E-state index contributed by atoms with van der Waals surface area (Å²) in [4.78, 5) is 15.7. The maximum absolute atomic E-state index is 12.6. The highest BCUT2D eigenvalue weighted by molar-refractivity contribution is 6.34. The standard InChI is InChI=1S/C13H9ClF3N3O/c14-9-2-1-7(13(15,16)17)5-11(9)20-12(21)8-3-4-19-6-10(8)18/h1-6H,18H2,(H,20,21). The average Bonchev–Trinajstić information content (AvgIpc) is 2.40. The van der Waals surface area contributed by atoms with Crippen molar-refractivity contribution in [1.82, 2.24) is 4.98 Å². The predicted octanol–water partition coefficient (Wildman–Crippen LogP) is 3.59. The van der Waals surface area contributed by atoms with Crippen LogP contribution < -0.4 is 11.1 Å². The lowest BCUT2D eigenvalue weighted by molar-refractivity contribution is -0.137. The van der Waals surface area contributed by atoms with Gasteiger partial charge in [0.2, 0.25) is 0 Å². The number of aromatic nitrogens is 1. The van der Waals surface area contributed by atoms with Crippen molar-refractivity contribution < 1.29 is 18.0 Å². The van der Waals surface area contributed by atoms with Crippen LogP contribution in [0.4, 0.5) is 24.5 Å². The van der Waals surface area contributed by atoms with Gasteiger partial charge in [-0.15, -0.1) is 0 Å². The molecule has 3 N–H and O–H groups in total. The lowest BCUT2D eigenvalue weighted by Crippen LogP contribution is -2.15. The minimum atomic E-state index is -4.53. The third-order valence-corrected chi connectivity index (χ3v) is 2.97. The Bertz CT molecular complexity index is 689. The molecule has 0 atom stereocenters. The number of amides is 1. The molecule has 110 valence electrons. The Morgan fingerprint density at radius 1 is 1.29 bits per heavy atom. The predicted molar refractivity (Wildman–Crippen MR) is 73.1 cm³/mol. The second-order valence-electron chi connectivity index (χ2n) is 4.11. The number of benzene rings is 1. The molecule has 0 saturated heterocycles. The molecule has 0 spiro atoms. The van der Waals surface area contributed by atoms with Crippen LogP contribution in [0.3, 0.4) is 0 Å². The van der Waals surface area contributed by atoms with Gasteiger partial charge in [-0.2, -0.15) is 13.2 Å². The molecule has 0 aliphatic carbocycles. The van der Waals surface area contributed by atoms with E-state index in [1.807, 2.05) is 0 Å². The minimum absolute atomic E-state index is 0.0102. The van der Waals surface area contributed by atoms with Crippen LogP contribution in [-0.4, -0.2) is 10.9 Å². The first-order chi connectivity index (χ1) is 9.79. The normalized spacial score (nSPS) is 11.2. The molecule has 1 amide bonds. The molecule has 2 aromatic rings. The van der Waals surface area contributed by atoms with E-state index in [2.05, 4.69) is 10.3 Å². The largest absolute Gasteiger partial charge is 0.416 e. The van der Waals surface area contributed by atoms with Gasteiger partial charge in [0.15, 0.2) is 0 Å². The molecule has 0 unspecified atom stereocenters. The number of carbonyl (C=O) groups is 1. The number of nitrogen functional groups attached to an aromatic ring is 1. The lowest BCUT2D eigenvalue weighted by Gasteiger charge is -2.12. The van der Waals surface area contributed by atoms with Crippen LogP contribution in [0.1, 0.15) is 15.9 Å². The van der Waals surface area contributed by atoms with Crippen molar-refractivity contribution in [2.24, 2.45) is 0 Å². The molecule has 8 heteroatoms. The number of alkyl halides is 3. The molecule has 0 radical (unpaired) electrons. The topological polar surface area (TPSA) is 68.0 Å². The Labute approximate surface area is 122 Å². The number of carbonyl (C=O) groups excluding carboxylic acids is 1. The summed E-state index contributed by atoms with van der Waals surface area (Å²) in [5.41, 5.74) is 4.72. The number of nitrogens with zero attached hydrogens (tertiary/aromatic N) is 1. The molecule has 0 aliphatic heterocycles. The van der Waals surface area contributed by atoms with Crippen molar-refractivity contribution in [3.05, 3.63) is 52.8 Å². The molecule has 0 saturated carbocycles. The number of halogens is 4. The smallest absolute Gasteiger partial charge is 0.397 e. The molecular weight excluding hydrogens is 307 g/mol. The van der Waals surface area contributed by atoms with Gasteiger partial charge in [0.25, 0.3) is 5.91 Å². The zero-order valence-electron chi connectivity index (χ0n) is 10.4. The van der Waals surface area contributed by atoms with Crippen molar-refractivity contribution in [3.8, 4) is 0 Å². The highest BCUT2D eigenvalue weighted by Gasteiger charge is 2.31. The lowest BCUT2D eigenvalue weighted by atomic mass is 10.1. The van der Waals surface area contributed by atoms with Crippen LogP contribution in [0.2, 0.25) is 5.02 Å². The van der Waals surface area contributed by atoms with Crippen molar-refractivity contribution in [2.45, 2.75) is 6.18 Å². The van der Waals surface area contributed by atoms with Gasteiger partial charge in [0.1, 0.15) is 0 Å². The zero-order chi connectivity index (χ0) is 15.6. The Morgan fingerprint density at radius 2 is 2.00 bits per heavy atom. The Hall–Kier alpha value is -2.28. The molecular formula is C13H9ClF3N3O. The number of nitrogens with two attached hydrogens (primary N) is 1. The number of pyridine rings is 1. The molecule has 1 aromatic carbocycles. The van der Waals surface area contributed by atoms with Crippen LogP contribution in [0.15, 0.2) is 36.7 Å². The highest BCUT2D eigenvalue weighted by atomic mass is 35.5. The van der Waals surface area contributed by atoms with E-state index in [4.69, 9.17) is 17.3 Å². The molecule has 1 heterocycles. The van der Waals surface area contributed by atoms with Crippen LogP contribution in [0, 0.1) is 0 Å². The first-order valence-corrected chi connectivity index (χ1v) is 6.04. The van der Waals surface area contributed by atoms with Gasteiger partial charge in [-0.3, -0.25) is 9.78 Å². The maximum Gasteiger partial charge on any atom is 0.416 e. The van der Waals surface area contributed by atoms with Gasteiger partial charge < -0.3 is 11.1 Å². The summed E-state index contributed by atoms with van der Waals surface area (Å²) in [6.07, 6.45) is -1.92. The second-order valence-corrected chi connectivity index (χ2v) is 4.52. The van der Waals surface area contributed by atoms with Gasteiger partial charge >= 0.3 is 6.18 Å². The summed E-state index contributed by atoms with van der Waals surface area (Å²) in [5.74, 6) is -0.670. The highest BCUT2D eigenvalue weighted by Crippen LogP contribution is 2.34. The van der Waals surface area contributed by atoms with E-state index in [0.29, 0.717) is 0 Å². The van der Waals surface area contributed by atoms with E-state index in [9.17, 15) is 18.0 Å². The molecule has 0 aliphatic rings. The van der Waals surface area contributed by atoms with Crippen molar-refractivity contribution in [2.75, 3.05) is 11.1 Å². The van der Waals surface area contributed by atoms with Crippen molar-refractivity contribution in [1.29, 1.82) is 0 Å². The van der Waals surface area contributed by atoms with Gasteiger partial charge in [-0.25, -0.2) is 0 Å². The quantitative estimate of drug-likeness (QED) is 0.890. The summed E-state index contributed by atoms with van der Waals surface area (Å²) in [6, 6.07) is 4.01. The fourth-order valence-electron chi connectivity index (χ4n) is 1.60. The first-order valence-electron chi connectivity index (χ1n) is 5.66. The van der Waals surface area contributed by atoms with E-state index < -0.39 is 17.6 Å². The van der Waals surface area contributed by atoms with Gasteiger partial charge in [0, 0.05) is 6.20 Å². The SMILES string of the molecule is Nc1cnccc1C(=O)Nc1cc(C(F)(F)F)ccc1Cl. The van der Waals surface area contributed by atoms with Crippen molar-refractivity contribution in [3.63, 3.8) is 0 Å². The summed E-state index contributed by atoms with van der Waals surface area (Å²) in [7, 11) is 0. The molecule has 4 nitrogen and oxygen atoms in total. The first kappa shape index (κ1) is 15.1. The Kier molecular flexibility index (Phi) is 4.04. The molecule has 0 fully saturated rings. The van der Waals surface area contributed by atoms with Crippen LogP contribution in [0.5, 0.6) is 0 Å². The van der Waals surface area contributed by atoms with Crippen LogP contribution >= 0.6 is 11.6 Å². The second kappa shape index (κ2) is 5.61. The number of hydrogen-bond acceptors (Lipinski definition) is 3. The summed E-state index contributed by atoms with van der Waals surface area (Å²) in [6.45, 7) is 0. The Morgan fingerprint density at radius 3 is 2.62 bits per heavy atom. The molecule has 2 rings (SSSR count). The molecule has 0 bridgehead atoms. The van der Waals surface area contributed by atoms with Gasteiger partial charge in [-0.1, -0.05) is 11.6 Å². The van der Waals surface area contributed by atoms with E-state index in [0.717, 1.165) is 18.2 Å². The van der Waals surface area contributed by atoms with Crippen molar-refractivity contribution >= 4 is 28.9 Å². The average molecular weight is 316 g/mol. The Balaban J connectivity index is 2.31. The van der Waals surface area contributed by atoms with E-state index in [-0.39, 0.29) is 22.0 Å². The number of hydrogen-bond donors (Lipinski definition) is 2. The fraction of sp³-hybridized carbons (Fsp3) is 0.0769. The number of rotatable bonds is 2.